The van der Waals surface area contributed by atoms with E-state index in [1.54, 1.807) is 36.4 Å². The van der Waals surface area contributed by atoms with Crippen molar-refractivity contribution in [3.05, 3.63) is 117 Å². The number of aliphatic hydroxyl groups excluding tert-OH is 1. The van der Waals surface area contributed by atoms with E-state index in [1.165, 1.54) is 18.2 Å². The zero-order chi connectivity index (χ0) is 38.7. The summed E-state index contributed by atoms with van der Waals surface area (Å²) >= 11 is 1.15. The Morgan fingerprint density at radius 2 is 1.70 bits per heavy atom. The summed E-state index contributed by atoms with van der Waals surface area (Å²) in [7, 11) is 0. The summed E-state index contributed by atoms with van der Waals surface area (Å²) < 4.78 is 5.96. The SMILES string of the molecule is C=C(O)/C=c1/oc2cc(=O)ccc-2c(-c2ccc(C(=O)NCCNC(=O)C(SCCC(=O)ON3C(=O)CCC3=O)C(=C)/C=C\C=C/C)cc2C)/c1=C/C. The Morgan fingerprint density at radius 1 is 1.00 bits per heavy atom. The van der Waals surface area contributed by atoms with E-state index in [4.69, 9.17) is 9.25 Å². The van der Waals surface area contributed by atoms with Gasteiger partial charge in [-0.05, 0) is 61.7 Å². The number of amides is 4. The fourth-order valence-corrected chi connectivity index (χ4v) is 6.55. The van der Waals surface area contributed by atoms with Gasteiger partial charge in [0.15, 0.2) is 5.43 Å². The average Bonchev–Trinajstić information content (AvgIpc) is 3.43. The van der Waals surface area contributed by atoms with E-state index in [1.807, 2.05) is 39.0 Å². The molecule has 1 unspecified atom stereocenters. The molecule has 3 aliphatic rings. The Bertz CT molecular complexity index is 2150. The van der Waals surface area contributed by atoms with Crippen molar-refractivity contribution in [3.8, 4) is 22.5 Å². The molecule has 1 saturated heterocycles. The van der Waals surface area contributed by atoms with E-state index in [2.05, 4.69) is 23.8 Å². The van der Waals surface area contributed by atoms with Gasteiger partial charge in [-0.15, -0.1) is 16.8 Å². The number of aryl methyl sites for hydroxylation is 1. The van der Waals surface area contributed by atoms with Crippen molar-refractivity contribution in [2.24, 2.45) is 0 Å². The molecule has 1 aromatic carbocycles. The van der Waals surface area contributed by atoms with Crippen molar-refractivity contribution in [1.29, 1.82) is 0 Å². The number of aliphatic hydroxyl groups is 1. The molecule has 4 amide bonds. The van der Waals surface area contributed by atoms with Gasteiger partial charge in [0.1, 0.15) is 22.2 Å². The van der Waals surface area contributed by atoms with Gasteiger partial charge in [-0.3, -0.25) is 24.0 Å². The van der Waals surface area contributed by atoms with Crippen molar-refractivity contribution in [2.75, 3.05) is 18.8 Å². The first-order valence-electron chi connectivity index (χ1n) is 16.8. The predicted molar refractivity (Wildman–Crippen MR) is 204 cm³/mol. The number of imide groups is 1. The van der Waals surface area contributed by atoms with Crippen LogP contribution in [0.25, 0.3) is 34.6 Å². The van der Waals surface area contributed by atoms with Gasteiger partial charge in [0.2, 0.25) is 5.91 Å². The number of benzene rings is 2. The predicted octanol–water partition coefficient (Wildman–Crippen LogP) is 4.01. The second-order valence-electron chi connectivity index (χ2n) is 11.9. The molecule has 1 aliphatic carbocycles. The van der Waals surface area contributed by atoms with E-state index < -0.39 is 23.0 Å². The summed E-state index contributed by atoms with van der Waals surface area (Å²) in [5, 5.41) is 15.9. The number of carbonyl (C=O) groups is 5. The molecular weight excluding hydrogens is 699 g/mol. The third-order valence-electron chi connectivity index (χ3n) is 8.01. The zero-order valence-corrected chi connectivity index (χ0v) is 30.5. The number of carbonyl (C=O) groups excluding carboxylic acids is 5. The molecule has 276 valence electrons. The third kappa shape index (κ3) is 10.3. The lowest BCUT2D eigenvalue weighted by atomic mass is 9.91. The Hall–Kier alpha value is -5.95. The highest BCUT2D eigenvalue weighted by Gasteiger charge is 2.33. The summed E-state index contributed by atoms with van der Waals surface area (Å²) in [6.45, 7) is 13.3. The number of allylic oxidation sites excluding steroid dienone is 5. The number of hydrogen-bond acceptors (Lipinski definition) is 10. The van der Waals surface area contributed by atoms with Crippen molar-refractivity contribution in [3.63, 3.8) is 0 Å². The van der Waals surface area contributed by atoms with Gasteiger partial charge in [-0.2, -0.15) is 0 Å². The molecule has 0 bridgehead atoms. The van der Waals surface area contributed by atoms with Crippen molar-refractivity contribution >= 4 is 53.5 Å². The normalized spacial score (nSPS) is 14.4. The molecule has 2 aliphatic heterocycles. The van der Waals surface area contributed by atoms with E-state index in [0.717, 1.165) is 28.5 Å². The summed E-state index contributed by atoms with van der Waals surface area (Å²) in [6, 6.07) is 9.73. The first-order valence-corrected chi connectivity index (χ1v) is 17.9. The van der Waals surface area contributed by atoms with E-state index in [-0.39, 0.29) is 61.1 Å². The average molecular weight is 740 g/mol. The molecule has 2 heterocycles. The summed E-state index contributed by atoms with van der Waals surface area (Å²) in [5.41, 5.74) is 3.96. The lowest BCUT2D eigenvalue weighted by Gasteiger charge is -2.18. The van der Waals surface area contributed by atoms with Crippen LogP contribution in [0.4, 0.5) is 0 Å². The van der Waals surface area contributed by atoms with Crippen molar-refractivity contribution in [2.45, 2.75) is 45.3 Å². The standard InChI is InChI=1S/C40H41N3O9S/c1-6-8-9-10-24(3)38(53-20-17-36(48)52-43-34(46)15-16-35(43)47)40(50)42-19-18-41-39(49)27-11-13-30(25(4)21-27)37-29(7-2)32(22-26(5)44)51-33-23-28(45)12-14-31(33)37/h6-14,21-23,38,44H,3,5,15-20H2,1-2,4H3,(H,41,49)(H,42,50)/b8-6-,10-9-,29-7+,32-22+. The third-order valence-corrected chi connectivity index (χ3v) is 9.30. The second-order valence-corrected chi connectivity index (χ2v) is 13.1. The van der Waals surface area contributed by atoms with Gasteiger partial charge < -0.3 is 25.0 Å². The minimum Gasteiger partial charge on any atom is -0.508 e. The highest BCUT2D eigenvalue weighted by atomic mass is 32.2. The molecule has 3 N–H and O–H groups in total. The smallest absolute Gasteiger partial charge is 0.334 e. The maximum Gasteiger partial charge on any atom is 0.334 e. The second kappa shape index (κ2) is 18.5. The fourth-order valence-electron chi connectivity index (χ4n) is 5.51. The van der Waals surface area contributed by atoms with Gasteiger partial charge in [-0.1, -0.05) is 49.6 Å². The number of fused-ring (bicyclic) bond motifs is 1. The van der Waals surface area contributed by atoms with Crippen LogP contribution in [0.2, 0.25) is 0 Å². The van der Waals surface area contributed by atoms with Crippen LogP contribution in [0.15, 0.2) is 94.4 Å². The van der Waals surface area contributed by atoms with Crippen LogP contribution in [-0.4, -0.2) is 63.9 Å². The first-order chi connectivity index (χ1) is 25.3. The van der Waals surface area contributed by atoms with Crippen molar-refractivity contribution < 1.29 is 38.3 Å². The van der Waals surface area contributed by atoms with Crippen LogP contribution in [0, 0.1) is 6.92 Å². The molecule has 1 atom stereocenters. The lowest BCUT2D eigenvalue weighted by molar-refractivity contribution is -0.197. The Morgan fingerprint density at radius 3 is 2.36 bits per heavy atom. The number of hydrogen-bond donors (Lipinski definition) is 3. The minimum atomic E-state index is -0.772. The molecule has 1 aromatic rings. The molecule has 1 fully saturated rings. The molecule has 53 heavy (non-hydrogen) atoms. The quantitative estimate of drug-likeness (QED) is 0.0896. The van der Waals surface area contributed by atoms with Gasteiger partial charge >= 0.3 is 5.97 Å². The van der Waals surface area contributed by atoms with Crippen LogP contribution < -0.4 is 26.7 Å². The van der Waals surface area contributed by atoms with Crippen LogP contribution >= 0.6 is 11.8 Å². The zero-order valence-electron chi connectivity index (χ0n) is 29.7. The Labute approximate surface area is 310 Å². The van der Waals surface area contributed by atoms with E-state index >= 15 is 0 Å². The number of thioether (sulfide) groups is 1. The van der Waals surface area contributed by atoms with Gasteiger partial charge in [0.25, 0.3) is 17.7 Å². The monoisotopic (exact) mass is 739 g/mol. The first kappa shape index (κ1) is 39.8. The summed E-state index contributed by atoms with van der Waals surface area (Å²) in [6.07, 6.45) is 10.1. The Balaban J connectivity index is 1.41. The molecule has 0 spiro atoms. The van der Waals surface area contributed by atoms with Gasteiger partial charge in [0.05, 0.1) is 6.42 Å². The Kier molecular flexibility index (Phi) is 13.9. The number of nitrogens with one attached hydrogen (secondary N) is 2. The molecular formula is C40H41N3O9S. The highest BCUT2D eigenvalue weighted by Crippen LogP contribution is 2.31. The van der Waals surface area contributed by atoms with Crippen LogP contribution in [0.1, 0.15) is 49.0 Å². The molecule has 0 aromatic heterocycles. The van der Waals surface area contributed by atoms with Gasteiger partial charge in [-0.25, -0.2) is 4.79 Å². The van der Waals surface area contributed by atoms with E-state index in [0.29, 0.717) is 38.2 Å². The lowest BCUT2D eigenvalue weighted by Crippen LogP contribution is -2.39. The molecule has 4 rings (SSSR count). The van der Waals surface area contributed by atoms with Crippen LogP contribution in [-0.2, 0) is 24.0 Å². The fraction of sp³-hybridized carbons (Fsp3) is 0.250. The minimum absolute atomic E-state index is 0.00879. The number of rotatable bonds is 15. The summed E-state index contributed by atoms with van der Waals surface area (Å²) in [5.74, 6) is -2.38. The summed E-state index contributed by atoms with van der Waals surface area (Å²) in [4.78, 5) is 79.2. The maximum atomic E-state index is 13.2. The topological polar surface area (TPSA) is 172 Å². The highest BCUT2D eigenvalue weighted by molar-refractivity contribution is 8.00. The largest absolute Gasteiger partial charge is 0.508 e. The molecule has 13 heteroatoms. The number of nitrogens with zero attached hydrogens (tertiary/aromatic N) is 1. The van der Waals surface area contributed by atoms with Crippen LogP contribution in [0.5, 0.6) is 0 Å². The van der Waals surface area contributed by atoms with Crippen molar-refractivity contribution in [1.82, 2.24) is 15.7 Å². The maximum absolute atomic E-state index is 13.2. The molecule has 0 saturated carbocycles. The van der Waals surface area contributed by atoms with Crippen LogP contribution in [0.3, 0.4) is 0 Å². The molecule has 0 radical (unpaired) electrons. The van der Waals surface area contributed by atoms with E-state index in [9.17, 15) is 33.9 Å². The number of hydroxylamine groups is 2. The van der Waals surface area contributed by atoms with Gasteiger partial charge in [0, 0.05) is 65.7 Å². The molecule has 12 nitrogen and oxygen atoms in total.